The fraction of sp³-hybridized carbons (Fsp3) is 0.240. The highest BCUT2D eigenvalue weighted by Gasteiger charge is 2.23. The Morgan fingerprint density at radius 1 is 1.09 bits per heavy atom. The zero-order valence-electron chi connectivity index (χ0n) is 17.4. The Labute approximate surface area is 184 Å². The average Bonchev–Trinajstić information content (AvgIpc) is 3.19. The highest BCUT2D eigenvalue weighted by Crippen LogP contribution is 2.40. The van der Waals surface area contributed by atoms with Crippen molar-refractivity contribution in [1.82, 2.24) is 15.2 Å². The summed E-state index contributed by atoms with van der Waals surface area (Å²) in [6.45, 7) is 0. The monoisotopic (exact) mass is 427 g/mol. The molecule has 1 aliphatic carbocycles. The number of aromatic nitrogens is 3. The smallest absolute Gasteiger partial charge is 0.184 e. The Hall–Kier alpha value is -3.92. The zero-order chi connectivity index (χ0) is 22.2. The molecule has 1 fully saturated rings. The molecule has 5 rings (SSSR count). The molecule has 160 valence electrons. The third kappa shape index (κ3) is 3.34. The van der Waals surface area contributed by atoms with E-state index < -0.39 is 5.82 Å². The van der Waals surface area contributed by atoms with E-state index in [1.54, 1.807) is 0 Å². The number of hydrogen-bond donors (Lipinski definition) is 3. The van der Waals surface area contributed by atoms with Gasteiger partial charge in [0, 0.05) is 17.2 Å². The number of benzene rings is 2. The number of hydrogen-bond acceptors (Lipinski definition) is 5. The van der Waals surface area contributed by atoms with Gasteiger partial charge in [-0.1, -0.05) is 43.5 Å². The molecule has 32 heavy (non-hydrogen) atoms. The van der Waals surface area contributed by atoms with Crippen LogP contribution in [0.25, 0.3) is 33.4 Å². The van der Waals surface area contributed by atoms with Crippen LogP contribution in [0, 0.1) is 17.1 Å². The van der Waals surface area contributed by atoms with E-state index in [4.69, 9.17) is 5.73 Å². The van der Waals surface area contributed by atoms with E-state index in [0.29, 0.717) is 28.3 Å². The molecule has 7 heteroatoms. The number of nitrogens with zero attached hydrogens (tertiary/aromatic N) is 3. The van der Waals surface area contributed by atoms with Crippen molar-refractivity contribution in [1.29, 1.82) is 5.26 Å². The average molecular weight is 427 g/mol. The molecule has 0 unspecified atom stereocenters. The molecule has 0 atom stereocenters. The molecule has 0 amide bonds. The van der Waals surface area contributed by atoms with Gasteiger partial charge in [-0.15, -0.1) is 0 Å². The number of aromatic hydroxyl groups is 1. The summed E-state index contributed by atoms with van der Waals surface area (Å²) in [5.74, 6) is -0.0109. The van der Waals surface area contributed by atoms with E-state index in [0.717, 1.165) is 11.6 Å². The predicted octanol–water partition coefficient (Wildman–Crippen LogP) is 5.64. The van der Waals surface area contributed by atoms with Crippen molar-refractivity contribution in [3.8, 4) is 34.2 Å². The number of aromatic amines is 1. The number of phenols is 1. The SMILES string of the molecule is N#Cc1c(-c2ccc(O)cc2F)nc2n[nH]c(N)c2c1-c1ccc(C2CCCCC2)cc1. The van der Waals surface area contributed by atoms with Crippen LogP contribution < -0.4 is 5.73 Å². The second-order valence-electron chi connectivity index (χ2n) is 8.28. The molecule has 4 N–H and O–H groups in total. The zero-order valence-corrected chi connectivity index (χ0v) is 17.4. The molecule has 4 aromatic rings. The molecule has 2 heterocycles. The Balaban J connectivity index is 1.71. The fourth-order valence-corrected chi connectivity index (χ4v) is 4.72. The maximum atomic E-state index is 14.7. The summed E-state index contributed by atoms with van der Waals surface area (Å²) in [7, 11) is 0. The van der Waals surface area contributed by atoms with Gasteiger partial charge in [0.05, 0.1) is 16.6 Å². The first kappa shape index (κ1) is 20.0. The molecule has 2 aromatic heterocycles. The standard InChI is InChI=1S/C25H22FN5O/c26-20-12-17(32)10-11-18(20)23-19(13-27)21(22-24(28)30-31-25(22)29-23)16-8-6-15(7-9-16)14-4-2-1-3-5-14/h6-12,14,32H,1-5H2,(H3,28,29,30,31). The molecule has 0 radical (unpaired) electrons. The van der Waals surface area contributed by atoms with Crippen LogP contribution >= 0.6 is 0 Å². The van der Waals surface area contributed by atoms with Gasteiger partial charge in [-0.25, -0.2) is 9.37 Å². The summed E-state index contributed by atoms with van der Waals surface area (Å²) in [4.78, 5) is 4.44. The molecule has 0 saturated heterocycles. The minimum Gasteiger partial charge on any atom is -0.508 e. The van der Waals surface area contributed by atoms with E-state index >= 15 is 0 Å². The van der Waals surface area contributed by atoms with E-state index in [1.807, 2.05) is 12.1 Å². The Bertz CT molecular complexity index is 1350. The highest BCUT2D eigenvalue weighted by atomic mass is 19.1. The summed E-state index contributed by atoms with van der Waals surface area (Å²) in [6, 6.07) is 14.2. The number of nitrogen functional groups attached to an aromatic ring is 1. The van der Waals surface area contributed by atoms with Gasteiger partial charge < -0.3 is 10.8 Å². The van der Waals surface area contributed by atoms with Gasteiger partial charge in [-0.3, -0.25) is 5.10 Å². The van der Waals surface area contributed by atoms with Crippen molar-refractivity contribution in [2.75, 3.05) is 5.73 Å². The van der Waals surface area contributed by atoms with Crippen LogP contribution in [0.3, 0.4) is 0 Å². The lowest BCUT2D eigenvalue weighted by Crippen LogP contribution is -2.04. The number of phenolic OH excluding ortho intramolecular Hbond substituents is 1. The van der Waals surface area contributed by atoms with Crippen LogP contribution in [0.15, 0.2) is 42.5 Å². The van der Waals surface area contributed by atoms with Gasteiger partial charge >= 0.3 is 0 Å². The lowest BCUT2D eigenvalue weighted by molar-refractivity contribution is 0.443. The molecular weight excluding hydrogens is 405 g/mol. The number of fused-ring (bicyclic) bond motifs is 1. The Kier molecular flexibility index (Phi) is 4.98. The first-order chi connectivity index (χ1) is 15.6. The normalized spacial score (nSPS) is 14.5. The lowest BCUT2D eigenvalue weighted by atomic mass is 9.83. The van der Waals surface area contributed by atoms with Crippen LogP contribution in [0.2, 0.25) is 0 Å². The largest absolute Gasteiger partial charge is 0.508 e. The Morgan fingerprint density at radius 2 is 1.84 bits per heavy atom. The van der Waals surface area contributed by atoms with Crippen molar-refractivity contribution >= 4 is 16.9 Å². The number of anilines is 1. The van der Waals surface area contributed by atoms with Crippen LogP contribution in [0.4, 0.5) is 10.2 Å². The van der Waals surface area contributed by atoms with Crippen LogP contribution in [0.1, 0.15) is 49.1 Å². The first-order valence-electron chi connectivity index (χ1n) is 10.7. The van der Waals surface area contributed by atoms with Gasteiger partial charge in [0.2, 0.25) is 0 Å². The number of nitriles is 1. The van der Waals surface area contributed by atoms with E-state index in [9.17, 15) is 14.8 Å². The van der Waals surface area contributed by atoms with Gasteiger partial charge in [0.1, 0.15) is 23.5 Å². The maximum Gasteiger partial charge on any atom is 0.184 e. The van der Waals surface area contributed by atoms with Gasteiger partial charge in [-0.2, -0.15) is 10.4 Å². The van der Waals surface area contributed by atoms with E-state index in [2.05, 4.69) is 33.4 Å². The number of nitrogens with one attached hydrogen (secondary N) is 1. The van der Waals surface area contributed by atoms with Crippen LogP contribution in [0.5, 0.6) is 5.75 Å². The molecular formula is C25H22FN5O. The summed E-state index contributed by atoms with van der Waals surface area (Å²) in [5.41, 5.74) is 9.59. The molecule has 0 bridgehead atoms. The minimum atomic E-state index is -0.671. The number of nitrogens with two attached hydrogens (primary N) is 1. The van der Waals surface area contributed by atoms with Crippen molar-refractivity contribution in [2.24, 2.45) is 0 Å². The van der Waals surface area contributed by atoms with Crippen molar-refractivity contribution in [2.45, 2.75) is 38.0 Å². The summed E-state index contributed by atoms with van der Waals surface area (Å²) in [6.07, 6.45) is 6.19. The van der Waals surface area contributed by atoms with E-state index in [-0.39, 0.29) is 22.6 Å². The fourth-order valence-electron chi connectivity index (χ4n) is 4.72. The summed E-state index contributed by atoms with van der Waals surface area (Å²) >= 11 is 0. The van der Waals surface area contributed by atoms with Crippen LogP contribution in [-0.2, 0) is 0 Å². The van der Waals surface area contributed by atoms with Gasteiger partial charge in [-0.05, 0) is 42.0 Å². The number of H-pyrrole nitrogens is 1. The maximum absolute atomic E-state index is 14.7. The van der Waals surface area contributed by atoms with Gasteiger partial charge in [0.25, 0.3) is 0 Å². The molecule has 1 aliphatic rings. The van der Waals surface area contributed by atoms with E-state index in [1.165, 1.54) is 49.8 Å². The van der Waals surface area contributed by atoms with Crippen molar-refractivity contribution in [3.63, 3.8) is 0 Å². The second kappa shape index (κ2) is 7.97. The molecule has 2 aromatic carbocycles. The topological polar surface area (TPSA) is 112 Å². The van der Waals surface area contributed by atoms with Crippen molar-refractivity contribution < 1.29 is 9.50 Å². The number of pyridine rings is 1. The molecule has 6 nitrogen and oxygen atoms in total. The third-order valence-electron chi connectivity index (χ3n) is 6.33. The van der Waals surface area contributed by atoms with Crippen molar-refractivity contribution in [3.05, 3.63) is 59.4 Å². The Morgan fingerprint density at radius 3 is 2.53 bits per heavy atom. The second-order valence-corrected chi connectivity index (χ2v) is 8.28. The quantitative estimate of drug-likeness (QED) is 0.392. The first-order valence-corrected chi connectivity index (χ1v) is 10.7. The number of halogens is 1. The van der Waals surface area contributed by atoms with Crippen LogP contribution in [-0.4, -0.2) is 20.3 Å². The summed E-state index contributed by atoms with van der Waals surface area (Å²) in [5, 5.41) is 27.1. The molecule has 0 aliphatic heterocycles. The predicted molar refractivity (Wildman–Crippen MR) is 121 cm³/mol. The molecule has 1 saturated carbocycles. The molecule has 0 spiro atoms. The number of rotatable bonds is 3. The summed E-state index contributed by atoms with van der Waals surface area (Å²) < 4.78 is 14.7. The minimum absolute atomic E-state index is 0.114. The third-order valence-corrected chi connectivity index (χ3v) is 6.33. The lowest BCUT2D eigenvalue weighted by Gasteiger charge is -2.22. The highest BCUT2D eigenvalue weighted by molar-refractivity contribution is 6.04. The van der Waals surface area contributed by atoms with Gasteiger partial charge in [0.15, 0.2) is 5.65 Å².